The summed E-state index contributed by atoms with van der Waals surface area (Å²) in [5.74, 6) is -0.224. The molecule has 2 rings (SSSR count). The highest BCUT2D eigenvalue weighted by atomic mass is 79.9. The van der Waals surface area contributed by atoms with Crippen LogP contribution in [0.5, 0.6) is 5.75 Å². The van der Waals surface area contributed by atoms with E-state index in [9.17, 15) is 13.2 Å². The van der Waals surface area contributed by atoms with Gasteiger partial charge in [-0.3, -0.25) is 4.90 Å². The number of ether oxygens (including phenoxy) is 1. The van der Waals surface area contributed by atoms with Gasteiger partial charge >= 0.3 is 6.36 Å². The van der Waals surface area contributed by atoms with Crippen molar-refractivity contribution in [2.45, 2.75) is 31.8 Å². The molecule has 1 aromatic carbocycles. The second kappa shape index (κ2) is 6.32. The Bertz CT molecular complexity index is 467. The molecule has 1 fully saturated rings. The normalized spacial score (nSPS) is 20.4. The van der Waals surface area contributed by atoms with E-state index < -0.39 is 6.36 Å². The molecule has 1 saturated heterocycles. The summed E-state index contributed by atoms with van der Waals surface area (Å²) < 4.78 is 40.8. The molecule has 7 heteroatoms. The number of nitrogens with zero attached hydrogens (tertiary/aromatic N) is 1. The molecule has 1 aliphatic heterocycles. The number of alkyl halides is 3. The van der Waals surface area contributed by atoms with Crippen LogP contribution >= 0.6 is 15.9 Å². The zero-order chi connectivity index (χ0) is 14.8. The number of rotatable bonds is 4. The molecule has 1 aromatic rings. The fourth-order valence-corrected chi connectivity index (χ4v) is 2.96. The number of likely N-dealkylation sites (tertiary alicyclic amines) is 1. The summed E-state index contributed by atoms with van der Waals surface area (Å²) in [5, 5.41) is 0. The van der Waals surface area contributed by atoms with Crippen LogP contribution in [-0.4, -0.2) is 30.4 Å². The fraction of sp³-hybridized carbons (Fsp3) is 0.538. The Morgan fingerprint density at radius 2 is 2.15 bits per heavy atom. The molecule has 3 nitrogen and oxygen atoms in total. The summed E-state index contributed by atoms with van der Waals surface area (Å²) in [6, 6.07) is 5.00. The van der Waals surface area contributed by atoms with Gasteiger partial charge in [-0.15, -0.1) is 13.2 Å². The third-order valence-corrected chi connectivity index (χ3v) is 4.00. The fourth-order valence-electron chi connectivity index (χ4n) is 2.45. The van der Waals surface area contributed by atoms with Crippen molar-refractivity contribution < 1.29 is 17.9 Å². The van der Waals surface area contributed by atoms with Gasteiger partial charge < -0.3 is 10.5 Å². The monoisotopic (exact) mass is 352 g/mol. The standard InChI is InChI=1S/C13H16BrF3N2O/c14-11-6-9(3-4-12(11)20-13(15,16)17)8-19-5-1-2-10(19)7-18/h3-4,6,10H,1-2,5,7-8,18H2. The topological polar surface area (TPSA) is 38.5 Å². The molecule has 0 amide bonds. The Labute approximate surface area is 124 Å². The molecule has 0 aliphatic carbocycles. The first-order valence-corrected chi connectivity index (χ1v) is 7.16. The lowest BCUT2D eigenvalue weighted by atomic mass is 10.2. The Morgan fingerprint density at radius 3 is 2.75 bits per heavy atom. The van der Waals surface area contributed by atoms with Crippen LogP contribution in [0.4, 0.5) is 13.2 Å². The van der Waals surface area contributed by atoms with Crippen molar-refractivity contribution in [3.8, 4) is 5.75 Å². The predicted molar refractivity (Wildman–Crippen MR) is 73.3 cm³/mol. The van der Waals surface area contributed by atoms with E-state index in [0.29, 0.717) is 23.6 Å². The minimum Gasteiger partial charge on any atom is -0.405 e. The molecule has 1 heterocycles. The lowest BCUT2D eigenvalue weighted by molar-refractivity contribution is -0.274. The summed E-state index contributed by atoms with van der Waals surface area (Å²) in [5.41, 5.74) is 6.64. The van der Waals surface area contributed by atoms with Crippen LogP contribution in [0.25, 0.3) is 0 Å². The number of halogens is 4. The van der Waals surface area contributed by atoms with Crippen LogP contribution in [0.1, 0.15) is 18.4 Å². The maximum atomic E-state index is 12.2. The van der Waals surface area contributed by atoms with Crippen molar-refractivity contribution in [3.05, 3.63) is 28.2 Å². The van der Waals surface area contributed by atoms with Crippen molar-refractivity contribution in [2.75, 3.05) is 13.1 Å². The Hall–Kier alpha value is -0.790. The van der Waals surface area contributed by atoms with E-state index in [1.807, 2.05) is 0 Å². The van der Waals surface area contributed by atoms with Crippen LogP contribution in [-0.2, 0) is 6.54 Å². The van der Waals surface area contributed by atoms with Crippen LogP contribution in [0, 0.1) is 0 Å². The molecule has 0 saturated carbocycles. The van der Waals surface area contributed by atoms with Gasteiger partial charge in [0.25, 0.3) is 0 Å². The zero-order valence-corrected chi connectivity index (χ0v) is 12.4. The van der Waals surface area contributed by atoms with E-state index in [2.05, 4.69) is 25.6 Å². The Morgan fingerprint density at radius 1 is 1.40 bits per heavy atom. The molecule has 2 N–H and O–H groups in total. The van der Waals surface area contributed by atoms with E-state index in [0.717, 1.165) is 24.9 Å². The predicted octanol–water partition coefficient (Wildman–Crippen LogP) is 3.27. The highest BCUT2D eigenvalue weighted by Gasteiger charge is 2.32. The van der Waals surface area contributed by atoms with Crippen molar-refractivity contribution in [2.24, 2.45) is 5.73 Å². The van der Waals surface area contributed by atoms with Crippen molar-refractivity contribution in [1.29, 1.82) is 0 Å². The second-order valence-corrected chi connectivity index (χ2v) is 5.67. The average Bonchev–Trinajstić information content (AvgIpc) is 2.78. The molecule has 1 aliphatic rings. The number of hydrogen-bond donors (Lipinski definition) is 1. The van der Waals surface area contributed by atoms with E-state index in [-0.39, 0.29) is 5.75 Å². The Balaban J connectivity index is 2.05. The maximum absolute atomic E-state index is 12.2. The zero-order valence-electron chi connectivity index (χ0n) is 10.8. The number of nitrogens with two attached hydrogens (primary N) is 1. The summed E-state index contributed by atoms with van der Waals surface area (Å²) in [6.45, 7) is 2.27. The lowest BCUT2D eigenvalue weighted by Gasteiger charge is -2.23. The van der Waals surface area contributed by atoms with Gasteiger partial charge in [0.1, 0.15) is 5.75 Å². The minimum absolute atomic E-state index is 0.224. The van der Waals surface area contributed by atoms with E-state index in [4.69, 9.17) is 5.73 Å². The SMILES string of the molecule is NCC1CCCN1Cc1ccc(OC(F)(F)F)c(Br)c1. The summed E-state index contributed by atoms with van der Waals surface area (Å²) >= 11 is 3.11. The molecule has 0 radical (unpaired) electrons. The van der Waals surface area contributed by atoms with Crippen LogP contribution in [0.2, 0.25) is 0 Å². The highest BCUT2D eigenvalue weighted by Crippen LogP contribution is 2.31. The van der Waals surface area contributed by atoms with Crippen molar-refractivity contribution in [1.82, 2.24) is 4.90 Å². The van der Waals surface area contributed by atoms with Gasteiger partial charge in [-0.2, -0.15) is 0 Å². The maximum Gasteiger partial charge on any atom is 0.573 e. The van der Waals surface area contributed by atoms with E-state index >= 15 is 0 Å². The summed E-state index contributed by atoms with van der Waals surface area (Å²) in [6.07, 6.45) is -2.49. The minimum atomic E-state index is -4.68. The third kappa shape index (κ3) is 4.10. The average molecular weight is 353 g/mol. The molecule has 112 valence electrons. The largest absolute Gasteiger partial charge is 0.573 e. The van der Waals surface area contributed by atoms with Crippen LogP contribution in [0.3, 0.4) is 0 Å². The van der Waals surface area contributed by atoms with Gasteiger partial charge in [-0.1, -0.05) is 6.07 Å². The smallest absolute Gasteiger partial charge is 0.405 e. The summed E-state index contributed by atoms with van der Waals surface area (Å²) in [7, 11) is 0. The van der Waals surface area contributed by atoms with Gasteiger partial charge in [-0.25, -0.2) is 0 Å². The second-order valence-electron chi connectivity index (χ2n) is 4.81. The van der Waals surface area contributed by atoms with Crippen LogP contribution < -0.4 is 10.5 Å². The molecule has 1 atom stereocenters. The first-order valence-electron chi connectivity index (χ1n) is 6.37. The molecule has 0 aromatic heterocycles. The Kier molecular flexibility index (Phi) is 4.93. The first kappa shape index (κ1) is 15.6. The van der Waals surface area contributed by atoms with Crippen molar-refractivity contribution in [3.63, 3.8) is 0 Å². The van der Waals surface area contributed by atoms with Gasteiger partial charge in [0, 0.05) is 19.1 Å². The van der Waals surface area contributed by atoms with E-state index in [1.54, 1.807) is 12.1 Å². The summed E-state index contributed by atoms with van der Waals surface area (Å²) in [4.78, 5) is 2.26. The quantitative estimate of drug-likeness (QED) is 0.903. The molecule has 0 bridgehead atoms. The van der Waals surface area contributed by atoms with Crippen LogP contribution in [0.15, 0.2) is 22.7 Å². The van der Waals surface area contributed by atoms with Gasteiger partial charge in [-0.05, 0) is 53.0 Å². The molecule has 20 heavy (non-hydrogen) atoms. The van der Waals surface area contributed by atoms with Gasteiger partial charge in [0.2, 0.25) is 0 Å². The molecule has 1 unspecified atom stereocenters. The van der Waals surface area contributed by atoms with Crippen molar-refractivity contribution >= 4 is 15.9 Å². The number of hydrogen-bond acceptors (Lipinski definition) is 3. The highest BCUT2D eigenvalue weighted by molar-refractivity contribution is 9.10. The van der Waals surface area contributed by atoms with Gasteiger partial charge in [0.15, 0.2) is 0 Å². The number of benzene rings is 1. The van der Waals surface area contributed by atoms with E-state index in [1.165, 1.54) is 6.07 Å². The van der Waals surface area contributed by atoms with Gasteiger partial charge in [0.05, 0.1) is 4.47 Å². The lowest BCUT2D eigenvalue weighted by Crippen LogP contribution is -2.34. The molecule has 0 spiro atoms. The third-order valence-electron chi connectivity index (χ3n) is 3.38. The molecular weight excluding hydrogens is 337 g/mol. The first-order chi connectivity index (χ1) is 9.39. The molecular formula is C13H16BrF3N2O.